The molecule has 5 heterocycles. The Kier molecular flexibility index (Phi) is 9.72. The maximum absolute atomic E-state index is 13.9. The zero-order chi connectivity index (χ0) is 33.1. The Morgan fingerprint density at radius 1 is 1.13 bits per heavy atom. The lowest BCUT2D eigenvalue weighted by Crippen LogP contribution is -2.52. The van der Waals surface area contributed by atoms with Crippen LogP contribution in [0.2, 0.25) is 0 Å². The predicted molar refractivity (Wildman–Crippen MR) is 179 cm³/mol. The molecule has 0 radical (unpaired) electrons. The number of aromatic nitrogens is 3. The van der Waals surface area contributed by atoms with Gasteiger partial charge in [0.15, 0.2) is 0 Å². The van der Waals surface area contributed by atoms with Gasteiger partial charge in [0.1, 0.15) is 23.8 Å². The van der Waals surface area contributed by atoms with Crippen LogP contribution in [0.1, 0.15) is 77.5 Å². The molecular formula is C35H44FN7O4. The molecule has 2 aromatic heterocycles. The van der Waals surface area contributed by atoms with Crippen LogP contribution in [0.4, 0.5) is 21.7 Å². The number of halogens is 1. The fourth-order valence-corrected chi connectivity index (χ4v) is 6.91. The molecule has 12 heteroatoms. The van der Waals surface area contributed by atoms with Crippen LogP contribution >= 0.6 is 0 Å². The average Bonchev–Trinajstić information content (AvgIpc) is 3.54. The van der Waals surface area contributed by atoms with E-state index in [0.29, 0.717) is 63.8 Å². The summed E-state index contributed by atoms with van der Waals surface area (Å²) in [6.45, 7) is 10.7. The van der Waals surface area contributed by atoms with Gasteiger partial charge in [-0.2, -0.15) is 0 Å². The monoisotopic (exact) mass is 645 g/mol. The number of aryl methyl sites for hydroxylation is 1. The van der Waals surface area contributed by atoms with Crippen LogP contribution in [0.3, 0.4) is 0 Å². The van der Waals surface area contributed by atoms with E-state index in [1.165, 1.54) is 31.7 Å². The van der Waals surface area contributed by atoms with Gasteiger partial charge in [-0.1, -0.05) is 6.42 Å². The molecule has 0 atom stereocenters. The number of aromatic amines is 1. The molecule has 0 aliphatic carbocycles. The number of nitrogens with one attached hydrogen (secondary N) is 3. The van der Waals surface area contributed by atoms with Gasteiger partial charge >= 0.3 is 5.97 Å². The first-order valence-corrected chi connectivity index (χ1v) is 16.6. The number of β-amino-alcohol motifs (C(OH)–C–C–N with tert-alkyl or cyclic N) is 1. The van der Waals surface area contributed by atoms with E-state index in [4.69, 9.17) is 4.74 Å². The molecule has 47 heavy (non-hydrogen) atoms. The molecule has 3 aliphatic heterocycles. The summed E-state index contributed by atoms with van der Waals surface area (Å²) in [6, 6.07) is 4.65. The SMILES string of the molecule is CCOC(=O)c1c(CCN2CCC(O)(CN3CCCCC3)CC2)[nH]c(/C=C2\C(=O)Nc3ncnc(Nc4ccc(F)c(C)c4)c32)c1C. The van der Waals surface area contributed by atoms with Gasteiger partial charge in [-0.05, 0) is 94.9 Å². The fourth-order valence-electron chi connectivity index (χ4n) is 6.91. The van der Waals surface area contributed by atoms with Gasteiger partial charge in [0.05, 0.1) is 28.9 Å². The van der Waals surface area contributed by atoms with Crippen LogP contribution in [-0.2, 0) is 16.0 Å². The number of carbonyl (C=O) groups excluding carboxylic acids is 2. The lowest BCUT2D eigenvalue weighted by atomic mass is 9.90. The Balaban J connectivity index is 1.22. The van der Waals surface area contributed by atoms with Crippen molar-refractivity contribution in [3.05, 3.63) is 64.0 Å². The number of H-pyrrole nitrogens is 1. The van der Waals surface area contributed by atoms with E-state index in [0.717, 1.165) is 51.3 Å². The van der Waals surface area contributed by atoms with Gasteiger partial charge in [-0.15, -0.1) is 0 Å². The zero-order valence-electron chi connectivity index (χ0n) is 27.4. The smallest absolute Gasteiger partial charge is 0.340 e. The number of nitrogens with zero attached hydrogens (tertiary/aromatic N) is 4. The van der Waals surface area contributed by atoms with Gasteiger partial charge in [0.25, 0.3) is 5.91 Å². The molecule has 2 saturated heterocycles. The van der Waals surface area contributed by atoms with Crippen molar-refractivity contribution >= 4 is 40.8 Å². The molecule has 2 fully saturated rings. The van der Waals surface area contributed by atoms with E-state index in [9.17, 15) is 19.1 Å². The van der Waals surface area contributed by atoms with Gasteiger partial charge < -0.3 is 35.3 Å². The third-order valence-corrected chi connectivity index (χ3v) is 9.58. The minimum absolute atomic E-state index is 0.242. The largest absolute Gasteiger partial charge is 0.462 e. The Morgan fingerprint density at radius 3 is 2.62 bits per heavy atom. The number of esters is 1. The molecule has 0 saturated carbocycles. The van der Waals surface area contributed by atoms with Crippen LogP contribution in [0, 0.1) is 19.7 Å². The van der Waals surface area contributed by atoms with Crippen LogP contribution in [0.15, 0.2) is 24.5 Å². The van der Waals surface area contributed by atoms with E-state index in [1.807, 2.05) is 6.92 Å². The molecule has 1 amide bonds. The fraction of sp³-hybridized carbons (Fsp3) is 0.486. The summed E-state index contributed by atoms with van der Waals surface area (Å²) >= 11 is 0. The number of anilines is 3. The molecular weight excluding hydrogens is 601 g/mol. The van der Waals surface area contributed by atoms with Crippen LogP contribution < -0.4 is 10.6 Å². The van der Waals surface area contributed by atoms with Crippen LogP contribution in [-0.4, -0.2) is 93.2 Å². The number of carbonyl (C=O) groups is 2. The second-order valence-corrected chi connectivity index (χ2v) is 12.9. The van der Waals surface area contributed by atoms with E-state index in [-0.39, 0.29) is 18.3 Å². The molecule has 3 aliphatic rings. The number of likely N-dealkylation sites (tertiary alicyclic amines) is 2. The third kappa shape index (κ3) is 7.24. The van der Waals surface area contributed by atoms with E-state index in [1.54, 1.807) is 32.1 Å². The second-order valence-electron chi connectivity index (χ2n) is 12.9. The number of amides is 1. The molecule has 3 aromatic rings. The topological polar surface area (TPSA) is 136 Å². The Bertz CT molecular complexity index is 1670. The Morgan fingerprint density at radius 2 is 1.89 bits per heavy atom. The van der Waals surface area contributed by atoms with Crippen molar-refractivity contribution in [2.45, 2.75) is 64.9 Å². The number of hydrogen-bond acceptors (Lipinski definition) is 9. The van der Waals surface area contributed by atoms with Crippen molar-refractivity contribution in [3.63, 3.8) is 0 Å². The normalized spacial score (nSPS) is 19.1. The third-order valence-electron chi connectivity index (χ3n) is 9.58. The summed E-state index contributed by atoms with van der Waals surface area (Å²) < 4.78 is 19.3. The maximum Gasteiger partial charge on any atom is 0.340 e. The molecule has 4 N–H and O–H groups in total. The standard InChI is InChI=1S/C35H44FN7O4/c1-4-47-34(45)29-23(3)28(40-27(29)10-15-42-16-11-35(46,12-17-42)20-43-13-6-5-7-14-43)19-25-30-31(37-21-38-32(30)41-33(25)44)39-24-8-9-26(36)22(2)18-24/h8-9,18-19,21,40,46H,4-7,10-17,20H2,1-3H3,(H2,37,38,39,41,44)/b25-19-. The summed E-state index contributed by atoms with van der Waals surface area (Å²) in [6.07, 6.45) is 8.78. The highest BCUT2D eigenvalue weighted by Gasteiger charge is 2.35. The molecule has 6 rings (SSSR count). The number of benzene rings is 1. The van der Waals surface area contributed by atoms with Crippen molar-refractivity contribution in [1.29, 1.82) is 0 Å². The lowest BCUT2D eigenvalue weighted by molar-refractivity contribution is -0.110. The van der Waals surface area contributed by atoms with Crippen molar-refractivity contribution in [1.82, 2.24) is 24.8 Å². The number of ether oxygens (including phenoxy) is 1. The highest BCUT2D eigenvalue weighted by Crippen LogP contribution is 2.38. The number of piperidine rings is 2. The first-order chi connectivity index (χ1) is 22.6. The minimum atomic E-state index is -0.655. The number of hydrogen-bond donors (Lipinski definition) is 4. The van der Waals surface area contributed by atoms with E-state index in [2.05, 4.69) is 35.4 Å². The predicted octanol–water partition coefficient (Wildman–Crippen LogP) is 4.83. The molecule has 0 unspecified atom stereocenters. The second kappa shape index (κ2) is 13.9. The van der Waals surface area contributed by atoms with Crippen molar-refractivity contribution in [2.75, 3.05) is 56.5 Å². The summed E-state index contributed by atoms with van der Waals surface area (Å²) in [5, 5.41) is 17.3. The van der Waals surface area contributed by atoms with Crippen molar-refractivity contribution in [2.24, 2.45) is 0 Å². The van der Waals surface area contributed by atoms with Crippen molar-refractivity contribution < 1.29 is 23.8 Å². The summed E-state index contributed by atoms with van der Waals surface area (Å²) in [5.74, 6) is -0.323. The van der Waals surface area contributed by atoms with Gasteiger partial charge in [-0.3, -0.25) is 4.79 Å². The highest BCUT2D eigenvalue weighted by molar-refractivity contribution is 6.35. The molecule has 11 nitrogen and oxygen atoms in total. The number of aliphatic hydroxyl groups is 1. The van der Waals surface area contributed by atoms with Gasteiger partial charge in [-0.25, -0.2) is 19.2 Å². The minimum Gasteiger partial charge on any atom is -0.462 e. The molecule has 250 valence electrons. The first-order valence-electron chi connectivity index (χ1n) is 16.6. The van der Waals surface area contributed by atoms with E-state index < -0.39 is 11.6 Å². The summed E-state index contributed by atoms with van der Waals surface area (Å²) in [5.41, 5.74) is 3.77. The molecule has 0 spiro atoms. The zero-order valence-corrected chi connectivity index (χ0v) is 27.4. The highest BCUT2D eigenvalue weighted by atomic mass is 19.1. The average molecular weight is 646 g/mol. The van der Waals surface area contributed by atoms with Gasteiger partial charge in [0, 0.05) is 49.7 Å². The number of rotatable bonds is 10. The Hall–Kier alpha value is -4.13. The van der Waals surface area contributed by atoms with Gasteiger partial charge in [0.2, 0.25) is 0 Å². The maximum atomic E-state index is 13.9. The summed E-state index contributed by atoms with van der Waals surface area (Å²) in [4.78, 5) is 43.2. The van der Waals surface area contributed by atoms with E-state index >= 15 is 0 Å². The molecule has 1 aromatic carbocycles. The lowest BCUT2D eigenvalue weighted by Gasteiger charge is -2.41. The first kappa shape index (κ1) is 32.8. The summed E-state index contributed by atoms with van der Waals surface area (Å²) in [7, 11) is 0. The van der Waals surface area contributed by atoms with Crippen molar-refractivity contribution in [3.8, 4) is 0 Å². The number of fused-ring (bicyclic) bond motifs is 1. The molecule has 0 bridgehead atoms. The van der Waals surface area contributed by atoms with Crippen LogP contribution in [0.25, 0.3) is 11.6 Å². The van der Waals surface area contributed by atoms with Crippen LogP contribution in [0.5, 0.6) is 0 Å². The Labute approximate surface area is 274 Å². The quantitative estimate of drug-likeness (QED) is 0.181.